The molecule has 5 heteroatoms. The molecule has 0 saturated carbocycles. The maximum absolute atomic E-state index is 10.9. The minimum absolute atomic E-state index is 0.0403. The van der Waals surface area contributed by atoms with Gasteiger partial charge in [0.05, 0.1) is 12.6 Å². The molecule has 2 atom stereocenters. The Labute approximate surface area is 158 Å². The number of hydrogen-bond acceptors (Lipinski definition) is 5. The molecule has 1 saturated heterocycles. The number of carbonyl (C=O) groups is 1. The van der Waals surface area contributed by atoms with E-state index in [1.807, 2.05) is 18.2 Å². The van der Waals surface area contributed by atoms with Gasteiger partial charge < -0.3 is 25.1 Å². The van der Waals surface area contributed by atoms with Gasteiger partial charge in [0, 0.05) is 18.0 Å². The lowest BCUT2D eigenvalue weighted by molar-refractivity contribution is -0.304. The fourth-order valence-corrected chi connectivity index (χ4v) is 4.15. The first kappa shape index (κ1) is 17.8. The van der Waals surface area contributed by atoms with Crippen molar-refractivity contribution >= 4 is 11.5 Å². The summed E-state index contributed by atoms with van der Waals surface area (Å²) in [5, 5.41) is 24.8. The van der Waals surface area contributed by atoms with Crippen LogP contribution in [0, 0.1) is 0 Å². The lowest BCUT2D eigenvalue weighted by Gasteiger charge is -2.40. The van der Waals surface area contributed by atoms with Gasteiger partial charge in [-0.1, -0.05) is 36.4 Å². The standard InChI is InChI=1S/C22H23NO4/c24-19-8-7-15(12-20(25)26)11-18(19)17-13-22(27-14-17)9-4-10-23-21(22)16-5-2-1-3-6-16/h1-3,5-8,11,13,21,23-24H,4,9-10,12,14H2,(H,25,26)/p-1. The Morgan fingerprint density at radius 1 is 1.26 bits per heavy atom. The lowest BCUT2D eigenvalue weighted by atomic mass is 9.81. The van der Waals surface area contributed by atoms with Gasteiger partial charge in [0.2, 0.25) is 0 Å². The van der Waals surface area contributed by atoms with Crippen LogP contribution in [0.1, 0.15) is 35.6 Å². The second kappa shape index (κ2) is 7.18. The molecule has 2 heterocycles. The molecule has 0 bridgehead atoms. The third-order valence-corrected chi connectivity index (χ3v) is 5.38. The van der Waals surface area contributed by atoms with Crippen molar-refractivity contribution < 1.29 is 19.7 Å². The van der Waals surface area contributed by atoms with Crippen molar-refractivity contribution in [3.05, 3.63) is 71.3 Å². The van der Waals surface area contributed by atoms with E-state index in [1.54, 1.807) is 12.1 Å². The van der Waals surface area contributed by atoms with Crippen LogP contribution >= 0.6 is 0 Å². The maximum atomic E-state index is 10.9. The highest BCUT2D eigenvalue weighted by Crippen LogP contribution is 2.45. The number of piperidine rings is 1. The van der Waals surface area contributed by atoms with Gasteiger partial charge >= 0.3 is 0 Å². The van der Waals surface area contributed by atoms with Crippen molar-refractivity contribution in [3.63, 3.8) is 0 Å². The highest BCUT2D eigenvalue weighted by molar-refractivity contribution is 5.76. The molecule has 2 aliphatic heterocycles. The number of aromatic hydroxyl groups is 1. The molecule has 1 spiro atoms. The predicted octanol–water partition coefficient (Wildman–Crippen LogP) is 1.96. The van der Waals surface area contributed by atoms with Crippen LogP contribution in [0.4, 0.5) is 0 Å². The largest absolute Gasteiger partial charge is 0.550 e. The van der Waals surface area contributed by atoms with Crippen LogP contribution in [0.3, 0.4) is 0 Å². The Hall–Kier alpha value is -2.63. The van der Waals surface area contributed by atoms with Gasteiger partial charge in [0.15, 0.2) is 0 Å². The number of carbonyl (C=O) groups excluding carboxylic acids is 1. The second-order valence-corrected chi connectivity index (χ2v) is 7.21. The molecule has 2 N–H and O–H groups in total. The molecular formula is C22H22NO4-. The van der Waals surface area contributed by atoms with Gasteiger partial charge in [0.1, 0.15) is 11.4 Å². The number of phenolic OH excluding ortho intramolecular Hbond substituents is 1. The molecule has 5 nitrogen and oxygen atoms in total. The molecule has 2 unspecified atom stereocenters. The minimum atomic E-state index is -1.14. The van der Waals surface area contributed by atoms with Crippen LogP contribution in [-0.4, -0.2) is 29.8 Å². The summed E-state index contributed by atoms with van der Waals surface area (Å²) in [6, 6.07) is 15.1. The number of ether oxygens (including phenoxy) is 1. The normalized spacial score (nSPS) is 24.7. The molecule has 0 radical (unpaired) electrons. The molecule has 0 aliphatic carbocycles. The van der Waals surface area contributed by atoms with Crippen LogP contribution in [0.5, 0.6) is 5.75 Å². The molecule has 2 aromatic carbocycles. The Bertz CT molecular complexity index is 877. The maximum Gasteiger partial charge on any atom is 0.123 e. The van der Waals surface area contributed by atoms with Crippen LogP contribution < -0.4 is 10.4 Å². The number of hydrogen-bond donors (Lipinski definition) is 2. The van der Waals surface area contributed by atoms with Gasteiger partial charge in [0.25, 0.3) is 0 Å². The summed E-state index contributed by atoms with van der Waals surface area (Å²) in [4.78, 5) is 10.9. The van der Waals surface area contributed by atoms with E-state index in [0.717, 1.165) is 25.0 Å². The van der Waals surface area contributed by atoms with Crippen LogP contribution in [0.2, 0.25) is 0 Å². The van der Waals surface area contributed by atoms with Crippen molar-refractivity contribution in [2.45, 2.75) is 30.9 Å². The zero-order valence-corrected chi connectivity index (χ0v) is 15.0. The predicted molar refractivity (Wildman–Crippen MR) is 99.9 cm³/mol. The Balaban J connectivity index is 1.70. The monoisotopic (exact) mass is 364 g/mol. The van der Waals surface area contributed by atoms with E-state index in [0.29, 0.717) is 17.7 Å². The quantitative estimate of drug-likeness (QED) is 0.867. The molecular weight excluding hydrogens is 342 g/mol. The van der Waals surface area contributed by atoms with Crippen LogP contribution in [0.15, 0.2) is 54.6 Å². The second-order valence-electron chi connectivity index (χ2n) is 7.21. The average molecular weight is 364 g/mol. The van der Waals surface area contributed by atoms with Crippen LogP contribution in [-0.2, 0) is 16.0 Å². The van der Waals surface area contributed by atoms with E-state index in [2.05, 4.69) is 23.5 Å². The summed E-state index contributed by atoms with van der Waals surface area (Å²) < 4.78 is 6.30. The highest BCUT2D eigenvalue weighted by Gasteiger charge is 2.44. The number of carboxylic acid groups (broad SMARTS) is 1. The summed E-state index contributed by atoms with van der Waals surface area (Å²) in [5.74, 6) is -1.01. The topological polar surface area (TPSA) is 81.6 Å². The van der Waals surface area contributed by atoms with Crippen molar-refractivity contribution in [2.75, 3.05) is 13.2 Å². The van der Waals surface area contributed by atoms with Gasteiger partial charge in [-0.15, -0.1) is 0 Å². The number of nitrogens with one attached hydrogen (secondary N) is 1. The molecule has 27 heavy (non-hydrogen) atoms. The highest BCUT2D eigenvalue weighted by atomic mass is 16.5. The molecule has 0 aromatic heterocycles. The zero-order valence-electron chi connectivity index (χ0n) is 15.0. The lowest BCUT2D eigenvalue weighted by Crippen LogP contribution is -2.47. The minimum Gasteiger partial charge on any atom is -0.550 e. The Kier molecular flexibility index (Phi) is 4.72. The molecule has 2 aromatic rings. The van der Waals surface area contributed by atoms with E-state index >= 15 is 0 Å². The average Bonchev–Trinajstić information content (AvgIpc) is 3.08. The molecule has 140 valence electrons. The zero-order chi connectivity index (χ0) is 18.9. The SMILES string of the molecule is O=C([O-])Cc1ccc(O)c(C2=CC3(CCCNC3c3ccccc3)OC2)c1. The van der Waals surface area contributed by atoms with Crippen molar-refractivity contribution in [3.8, 4) is 5.75 Å². The van der Waals surface area contributed by atoms with Gasteiger partial charge in [-0.25, -0.2) is 0 Å². The summed E-state index contributed by atoms with van der Waals surface area (Å²) in [7, 11) is 0. The summed E-state index contributed by atoms with van der Waals surface area (Å²) in [5.41, 5.74) is 2.82. The van der Waals surface area contributed by atoms with Gasteiger partial charge in [-0.2, -0.15) is 0 Å². The summed E-state index contributed by atoms with van der Waals surface area (Å²) >= 11 is 0. The molecule has 0 amide bonds. The first-order valence-corrected chi connectivity index (χ1v) is 9.23. The molecule has 1 fully saturated rings. The van der Waals surface area contributed by atoms with Gasteiger partial charge in [-0.3, -0.25) is 0 Å². The number of rotatable bonds is 4. The van der Waals surface area contributed by atoms with Crippen molar-refractivity contribution in [1.29, 1.82) is 0 Å². The Morgan fingerprint density at radius 3 is 2.85 bits per heavy atom. The van der Waals surface area contributed by atoms with E-state index < -0.39 is 11.6 Å². The van der Waals surface area contributed by atoms with Crippen LogP contribution in [0.25, 0.3) is 5.57 Å². The number of benzene rings is 2. The fraction of sp³-hybridized carbons (Fsp3) is 0.318. The van der Waals surface area contributed by atoms with E-state index in [4.69, 9.17) is 4.74 Å². The van der Waals surface area contributed by atoms with E-state index in [-0.39, 0.29) is 18.2 Å². The van der Waals surface area contributed by atoms with Crippen molar-refractivity contribution in [1.82, 2.24) is 5.32 Å². The first-order valence-electron chi connectivity index (χ1n) is 9.23. The number of carboxylic acids is 1. The Morgan fingerprint density at radius 2 is 2.07 bits per heavy atom. The van der Waals surface area contributed by atoms with Gasteiger partial charge in [-0.05, 0) is 54.3 Å². The first-order chi connectivity index (χ1) is 13.1. The van der Waals surface area contributed by atoms with Crippen molar-refractivity contribution in [2.24, 2.45) is 0 Å². The molecule has 4 rings (SSSR count). The molecule has 2 aliphatic rings. The third kappa shape index (κ3) is 3.48. The van der Waals surface area contributed by atoms with E-state index in [1.165, 1.54) is 11.6 Å². The number of aliphatic carboxylic acids is 1. The third-order valence-electron chi connectivity index (χ3n) is 5.38. The summed E-state index contributed by atoms with van der Waals surface area (Å²) in [6.07, 6.45) is 3.82. The smallest absolute Gasteiger partial charge is 0.123 e. The summed E-state index contributed by atoms with van der Waals surface area (Å²) in [6.45, 7) is 1.31. The fourth-order valence-electron chi connectivity index (χ4n) is 4.15. The number of phenols is 1. The van der Waals surface area contributed by atoms with E-state index in [9.17, 15) is 15.0 Å².